The summed E-state index contributed by atoms with van der Waals surface area (Å²) in [5, 5.41) is 31.1. The molecule has 0 fully saturated rings. The number of hydrogen-bond donors (Lipinski definition) is 2. The van der Waals surface area contributed by atoms with Gasteiger partial charge in [-0.2, -0.15) is 0 Å². The standard InChI is InChI=1S/C59H92O6Si2.C59H90O4Si2.CH4/c1-8-9-10-11-14-31-44-56(60)57(61)45-32-15-12-13-16-33-46-62-49-51(65-67(59(5,6)7,54-40-27-21-28-41-54)55-42-29-22-30-43-55)50-63-47-34-17-18-35-48-64-66(58(2,3)4,52-36-23-19-24-37-52)53-38-25-20-26-39-53;1-8-9-10-11-12-13-14-15-16-17-18-19-20-21-22-37-48-60-51-53(63-65(59(5,6)7,56-44-33-27-34-45-56)57-46-35-28-36-47-57)52-61-49-38-23-24-39-50-62-64(58(2,3)4,54-40-29-25-30-41-54)55-42-31-26-32-43-55;/h19-30,36-43,51,56-57,60-61H,8-18,31-35,44-50H2,1-7H3;15-16,25-36,40-47,53H,8-14,17-24,37-39,48-52H2,1-7H3;1H4/b;16-15-;. The molecular weight excluding hydrogens is 1700 g/mol. The third-order valence-corrected chi connectivity index (χ3v) is 47.0. The van der Waals surface area contributed by atoms with Gasteiger partial charge < -0.3 is 46.9 Å². The van der Waals surface area contributed by atoms with E-state index in [1.807, 2.05) is 0 Å². The predicted molar refractivity (Wildman–Crippen MR) is 581 cm³/mol. The molecule has 0 saturated heterocycles. The first-order chi connectivity index (χ1) is 63.9. The molecule has 0 amide bonds. The van der Waals surface area contributed by atoms with Gasteiger partial charge in [-0.1, -0.05) is 513 Å². The van der Waals surface area contributed by atoms with Crippen molar-refractivity contribution in [1.82, 2.24) is 0 Å². The van der Waals surface area contributed by atoms with Crippen molar-refractivity contribution >= 4 is 74.8 Å². The number of rotatable bonds is 69. The zero-order valence-electron chi connectivity index (χ0n) is 85.2. The van der Waals surface area contributed by atoms with Crippen LogP contribution in [0.15, 0.2) is 255 Å². The number of aliphatic hydroxyl groups is 2. The van der Waals surface area contributed by atoms with Crippen molar-refractivity contribution in [2.75, 3.05) is 66.1 Å². The molecule has 4 unspecified atom stereocenters. The van der Waals surface area contributed by atoms with Crippen molar-refractivity contribution in [2.24, 2.45) is 0 Å². The number of allylic oxidation sites excluding steroid dienone is 2. The Morgan fingerprint density at radius 1 is 0.233 bits per heavy atom. The van der Waals surface area contributed by atoms with E-state index in [-0.39, 0.29) is 39.8 Å². The van der Waals surface area contributed by atoms with Gasteiger partial charge in [0, 0.05) is 39.6 Å². The van der Waals surface area contributed by atoms with Crippen LogP contribution >= 0.6 is 0 Å². The molecule has 8 aromatic rings. The summed E-state index contributed by atoms with van der Waals surface area (Å²) < 4.78 is 55.4. The lowest BCUT2D eigenvalue weighted by molar-refractivity contribution is -0.0122. The van der Waals surface area contributed by atoms with Crippen LogP contribution in [-0.4, -0.2) is 134 Å². The third-order valence-electron chi connectivity index (χ3n) is 26.7. The highest BCUT2D eigenvalue weighted by atomic mass is 28.4. The predicted octanol–water partition coefficient (Wildman–Crippen LogP) is 27.1. The van der Waals surface area contributed by atoms with Crippen LogP contribution in [0.5, 0.6) is 0 Å². The van der Waals surface area contributed by atoms with E-state index in [0.717, 1.165) is 129 Å². The summed E-state index contributed by atoms with van der Waals surface area (Å²) >= 11 is 0. The Labute approximate surface area is 817 Å². The number of benzene rings is 8. The molecule has 2 N–H and O–H groups in total. The van der Waals surface area contributed by atoms with Gasteiger partial charge in [0.2, 0.25) is 0 Å². The Kier molecular flexibility index (Phi) is 56.5. The summed E-state index contributed by atoms with van der Waals surface area (Å²) in [4.78, 5) is 0. The van der Waals surface area contributed by atoms with Crippen molar-refractivity contribution in [1.29, 1.82) is 0 Å². The summed E-state index contributed by atoms with van der Waals surface area (Å²) in [5.74, 6) is 0. The van der Waals surface area contributed by atoms with Gasteiger partial charge in [0.15, 0.2) is 0 Å². The summed E-state index contributed by atoms with van der Waals surface area (Å²) in [6.07, 6.45) is 45.1. The monoisotopic (exact) mass is 1890 g/mol. The van der Waals surface area contributed by atoms with Gasteiger partial charge in [-0.05, 0) is 139 Å². The maximum Gasteiger partial charge on any atom is 0.261 e. The van der Waals surface area contributed by atoms with E-state index in [2.05, 4.69) is 352 Å². The smallest absolute Gasteiger partial charge is 0.261 e. The van der Waals surface area contributed by atoms with Crippen LogP contribution in [0, 0.1) is 0 Å². The molecule has 0 aliphatic carbocycles. The molecule has 10 nitrogen and oxygen atoms in total. The Morgan fingerprint density at radius 2 is 0.414 bits per heavy atom. The van der Waals surface area contributed by atoms with Crippen molar-refractivity contribution < 1.29 is 46.9 Å². The Hall–Kier alpha value is -6.03. The first kappa shape index (κ1) is 116. The lowest BCUT2D eigenvalue weighted by atomic mass is 9.99. The van der Waals surface area contributed by atoms with Crippen LogP contribution in [0.2, 0.25) is 20.2 Å². The van der Waals surface area contributed by atoms with E-state index in [1.54, 1.807) is 0 Å². The molecule has 0 saturated carbocycles. The molecule has 8 rings (SSSR count). The van der Waals surface area contributed by atoms with E-state index in [9.17, 15) is 10.2 Å². The summed E-state index contributed by atoms with van der Waals surface area (Å²) in [6, 6.07) is 87.5. The molecule has 0 radical (unpaired) electrons. The highest BCUT2D eigenvalue weighted by Gasteiger charge is 2.55. The van der Waals surface area contributed by atoms with Gasteiger partial charge in [0.25, 0.3) is 33.3 Å². The molecular formula is C119H186O10Si4. The lowest BCUT2D eigenvalue weighted by Crippen LogP contribution is -2.68. The van der Waals surface area contributed by atoms with E-state index in [4.69, 9.17) is 36.7 Å². The molecule has 0 heterocycles. The molecule has 0 aromatic heterocycles. The van der Waals surface area contributed by atoms with Gasteiger partial charge >= 0.3 is 0 Å². The highest BCUT2D eigenvalue weighted by molar-refractivity contribution is 7.01. The van der Waals surface area contributed by atoms with Crippen LogP contribution in [0.1, 0.15) is 336 Å². The molecule has 133 heavy (non-hydrogen) atoms. The second-order valence-electron chi connectivity index (χ2n) is 41.5. The first-order valence-electron chi connectivity index (χ1n) is 52.3. The first-order valence-corrected chi connectivity index (χ1v) is 60.0. The Balaban J connectivity index is 0.000000406. The lowest BCUT2D eigenvalue weighted by Gasteiger charge is -2.45. The van der Waals surface area contributed by atoms with Crippen molar-refractivity contribution in [3.63, 3.8) is 0 Å². The van der Waals surface area contributed by atoms with Crippen molar-refractivity contribution in [2.45, 2.75) is 380 Å². The molecule has 0 aliphatic heterocycles. The molecule has 0 spiro atoms. The molecule has 738 valence electrons. The fourth-order valence-corrected chi connectivity index (χ4v) is 38.0. The average molecular weight is 1890 g/mol. The second kappa shape index (κ2) is 65.0. The molecule has 4 atom stereocenters. The van der Waals surface area contributed by atoms with E-state index in [1.165, 1.54) is 151 Å². The maximum absolute atomic E-state index is 10.5. The minimum atomic E-state index is -2.81. The Morgan fingerprint density at radius 3 is 0.624 bits per heavy atom. The van der Waals surface area contributed by atoms with Crippen LogP contribution in [0.25, 0.3) is 0 Å². The topological polar surface area (TPSA) is 114 Å². The molecule has 14 heteroatoms. The van der Waals surface area contributed by atoms with Gasteiger partial charge in [-0.15, -0.1) is 0 Å². The average Bonchev–Trinajstić information content (AvgIpc) is 0.753. The second-order valence-corrected chi connectivity index (χ2v) is 58.6. The van der Waals surface area contributed by atoms with Gasteiger partial charge in [0.1, 0.15) is 0 Å². The van der Waals surface area contributed by atoms with E-state index in [0.29, 0.717) is 59.1 Å². The van der Waals surface area contributed by atoms with Gasteiger partial charge in [-0.3, -0.25) is 0 Å². The van der Waals surface area contributed by atoms with Crippen molar-refractivity contribution in [3.05, 3.63) is 255 Å². The molecule has 0 aliphatic rings. The third kappa shape index (κ3) is 38.9. The van der Waals surface area contributed by atoms with Crippen molar-refractivity contribution in [3.8, 4) is 0 Å². The SMILES string of the molecule is C.CCCCCCCC/C=C\CCCCCCCCOCC(COCCCCCCO[Si](c1ccccc1)(c1ccccc1)C(C)(C)C)O[Si](c1ccccc1)(c1ccccc1)C(C)(C)C.CCCCCCCCC(O)C(O)CCCCCCCCOCC(COCCCCCCO[Si](c1ccccc1)(c1ccccc1)C(C)(C)C)O[Si](c1ccccc1)(c1ccccc1)C(C)(C)C. The summed E-state index contributed by atoms with van der Waals surface area (Å²) in [7, 11) is -10.6. The summed E-state index contributed by atoms with van der Waals surface area (Å²) in [6.45, 7) is 39.0. The van der Waals surface area contributed by atoms with Crippen LogP contribution in [0.4, 0.5) is 0 Å². The maximum atomic E-state index is 10.5. The number of unbranched alkanes of at least 4 members (excludes halogenated alkanes) is 28. The minimum absolute atomic E-state index is 0. The van der Waals surface area contributed by atoms with Crippen LogP contribution in [-0.2, 0) is 36.7 Å². The van der Waals surface area contributed by atoms with E-state index < -0.39 is 45.5 Å². The van der Waals surface area contributed by atoms with Gasteiger partial charge in [-0.25, -0.2) is 0 Å². The molecule has 8 aromatic carbocycles. The Bertz CT molecular complexity index is 3980. The van der Waals surface area contributed by atoms with Gasteiger partial charge in [0.05, 0.1) is 50.8 Å². The zero-order chi connectivity index (χ0) is 94.8. The minimum Gasteiger partial charge on any atom is -0.407 e. The largest absolute Gasteiger partial charge is 0.407 e. The highest BCUT2D eigenvalue weighted by Crippen LogP contribution is 2.42. The van der Waals surface area contributed by atoms with Crippen LogP contribution in [0.3, 0.4) is 0 Å². The molecule has 0 bridgehead atoms. The zero-order valence-corrected chi connectivity index (χ0v) is 89.2. The number of ether oxygens (including phenoxy) is 4. The fraction of sp³-hybridized carbons (Fsp3) is 0.580. The quantitative estimate of drug-likeness (QED) is 0.0217. The summed E-state index contributed by atoms with van der Waals surface area (Å²) in [5.41, 5.74) is 0. The normalized spacial score (nSPS) is 13.5. The van der Waals surface area contributed by atoms with Crippen LogP contribution < -0.4 is 41.5 Å². The number of aliphatic hydroxyl groups excluding tert-OH is 2. The van der Waals surface area contributed by atoms with E-state index >= 15 is 0 Å². The number of hydrogen-bond acceptors (Lipinski definition) is 10. The fourth-order valence-electron chi connectivity index (χ4n) is 19.5.